The van der Waals surface area contributed by atoms with Gasteiger partial charge < -0.3 is 15.2 Å². The van der Waals surface area contributed by atoms with Crippen molar-refractivity contribution in [1.82, 2.24) is 4.90 Å². The van der Waals surface area contributed by atoms with E-state index in [9.17, 15) is 0 Å². The Bertz CT molecular complexity index is 448. The van der Waals surface area contributed by atoms with E-state index < -0.39 is 0 Å². The fourth-order valence-corrected chi connectivity index (χ4v) is 3.09. The van der Waals surface area contributed by atoms with E-state index in [-0.39, 0.29) is 0 Å². The molecule has 0 aromatic heterocycles. The van der Waals surface area contributed by atoms with Crippen molar-refractivity contribution >= 4 is 0 Å². The molecule has 0 radical (unpaired) electrons. The zero-order valence-electron chi connectivity index (χ0n) is 12.3. The highest BCUT2D eigenvalue weighted by molar-refractivity contribution is 5.50. The van der Waals surface area contributed by atoms with Crippen LogP contribution < -0.4 is 15.2 Å². The zero-order chi connectivity index (χ0) is 14.0. The predicted molar refractivity (Wildman–Crippen MR) is 76.8 cm³/mol. The fourth-order valence-electron chi connectivity index (χ4n) is 3.09. The van der Waals surface area contributed by atoms with Gasteiger partial charge in [0.25, 0.3) is 0 Å². The van der Waals surface area contributed by atoms with Gasteiger partial charge in [-0.1, -0.05) is 6.07 Å². The SMILES string of the molecule is COc1ccc(C2CC(CN)CN2C)c(OC)c1C. The number of hydrogen-bond donors (Lipinski definition) is 1. The predicted octanol–water partition coefficient (Wildman–Crippen LogP) is 1.96. The molecule has 2 N–H and O–H groups in total. The Labute approximate surface area is 115 Å². The van der Waals surface area contributed by atoms with Gasteiger partial charge in [-0.25, -0.2) is 0 Å². The molecule has 0 saturated carbocycles. The monoisotopic (exact) mass is 264 g/mol. The van der Waals surface area contributed by atoms with E-state index in [1.54, 1.807) is 14.2 Å². The Balaban J connectivity index is 2.37. The molecule has 0 bridgehead atoms. The van der Waals surface area contributed by atoms with Gasteiger partial charge in [-0.15, -0.1) is 0 Å². The van der Waals surface area contributed by atoms with Crippen molar-refractivity contribution in [3.63, 3.8) is 0 Å². The van der Waals surface area contributed by atoms with Crippen molar-refractivity contribution in [2.75, 3.05) is 34.4 Å². The van der Waals surface area contributed by atoms with Crippen LogP contribution in [-0.4, -0.2) is 39.3 Å². The molecule has 1 saturated heterocycles. The third-order valence-corrected chi connectivity index (χ3v) is 4.14. The average molecular weight is 264 g/mol. The minimum absolute atomic E-state index is 0.383. The van der Waals surface area contributed by atoms with Crippen molar-refractivity contribution in [3.8, 4) is 11.5 Å². The van der Waals surface area contributed by atoms with Gasteiger partial charge >= 0.3 is 0 Å². The van der Waals surface area contributed by atoms with Gasteiger partial charge in [-0.2, -0.15) is 0 Å². The number of ether oxygens (including phenoxy) is 2. The van der Waals surface area contributed by atoms with Crippen LogP contribution in [0.3, 0.4) is 0 Å². The molecule has 1 heterocycles. The molecule has 1 aromatic carbocycles. The maximum Gasteiger partial charge on any atom is 0.130 e. The van der Waals surface area contributed by atoms with E-state index in [4.69, 9.17) is 15.2 Å². The minimum atomic E-state index is 0.383. The first-order valence-electron chi connectivity index (χ1n) is 6.74. The number of benzene rings is 1. The Hall–Kier alpha value is -1.26. The van der Waals surface area contributed by atoms with Gasteiger partial charge in [0.2, 0.25) is 0 Å². The number of nitrogens with zero attached hydrogens (tertiary/aromatic N) is 1. The van der Waals surface area contributed by atoms with Gasteiger partial charge in [-0.05, 0) is 38.9 Å². The van der Waals surface area contributed by atoms with Crippen LogP contribution in [0.1, 0.15) is 23.6 Å². The van der Waals surface area contributed by atoms with Crippen molar-refractivity contribution in [3.05, 3.63) is 23.3 Å². The number of hydrogen-bond acceptors (Lipinski definition) is 4. The van der Waals surface area contributed by atoms with Crippen LogP contribution >= 0.6 is 0 Å². The lowest BCUT2D eigenvalue weighted by Crippen LogP contribution is -2.21. The highest BCUT2D eigenvalue weighted by Gasteiger charge is 2.32. The molecular weight excluding hydrogens is 240 g/mol. The second kappa shape index (κ2) is 5.80. The van der Waals surface area contributed by atoms with E-state index in [1.807, 2.05) is 13.0 Å². The molecule has 0 aliphatic carbocycles. The maximum atomic E-state index is 5.80. The molecule has 1 aromatic rings. The van der Waals surface area contributed by atoms with Gasteiger partial charge in [0, 0.05) is 23.7 Å². The van der Waals surface area contributed by atoms with Crippen molar-refractivity contribution in [2.24, 2.45) is 11.7 Å². The summed E-state index contributed by atoms with van der Waals surface area (Å²) in [5, 5.41) is 0. The van der Waals surface area contributed by atoms with Crippen LogP contribution in [-0.2, 0) is 0 Å². The summed E-state index contributed by atoms with van der Waals surface area (Å²) in [5.41, 5.74) is 8.10. The standard InChI is InChI=1S/C15H24N2O2/c1-10-14(18-3)6-5-12(15(10)19-4)13-7-11(8-16)9-17(13)2/h5-6,11,13H,7-9,16H2,1-4H3. The normalized spacial score (nSPS) is 23.6. The highest BCUT2D eigenvalue weighted by Crippen LogP contribution is 2.41. The Morgan fingerprint density at radius 3 is 2.58 bits per heavy atom. The lowest BCUT2D eigenvalue weighted by Gasteiger charge is -2.23. The molecule has 106 valence electrons. The van der Waals surface area contributed by atoms with Gasteiger partial charge in [-0.3, -0.25) is 4.90 Å². The molecule has 2 unspecified atom stereocenters. The smallest absolute Gasteiger partial charge is 0.130 e. The Morgan fingerprint density at radius 1 is 1.32 bits per heavy atom. The largest absolute Gasteiger partial charge is 0.496 e. The average Bonchev–Trinajstić information content (AvgIpc) is 2.79. The second-order valence-electron chi connectivity index (χ2n) is 5.31. The second-order valence-corrected chi connectivity index (χ2v) is 5.31. The molecule has 0 amide bonds. The zero-order valence-corrected chi connectivity index (χ0v) is 12.3. The van der Waals surface area contributed by atoms with Crippen molar-refractivity contribution in [1.29, 1.82) is 0 Å². The lowest BCUT2D eigenvalue weighted by atomic mass is 9.97. The summed E-state index contributed by atoms with van der Waals surface area (Å²) in [6.07, 6.45) is 1.09. The van der Waals surface area contributed by atoms with Gasteiger partial charge in [0.05, 0.1) is 14.2 Å². The lowest BCUT2D eigenvalue weighted by molar-refractivity contribution is 0.301. The van der Waals surface area contributed by atoms with Crippen LogP contribution in [0, 0.1) is 12.8 Å². The van der Waals surface area contributed by atoms with E-state index in [0.717, 1.165) is 36.6 Å². The molecule has 1 aliphatic rings. The molecule has 1 fully saturated rings. The van der Waals surface area contributed by atoms with E-state index in [2.05, 4.69) is 18.0 Å². The van der Waals surface area contributed by atoms with Crippen LogP contribution in [0.4, 0.5) is 0 Å². The van der Waals surface area contributed by atoms with Crippen LogP contribution in [0.5, 0.6) is 11.5 Å². The van der Waals surface area contributed by atoms with Crippen molar-refractivity contribution in [2.45, 2.75) is 19.4 Å². The summed E-state index contributed by atoms with van der Waals surface area (Å²) < 4.78 is 11.0. The third kappa shape index (κ3) is 2.55. The first-order chi connectivity index (χ1) is 9.12. The van der Waals surface area contributed by atoms with E-state index >= 15 is 0 Å². The summed E-state index contributed by atoms with van der Waals surface area (Å²) in [4.78, 5) is 2.36. The third-order valence-electron chi connectivity index (χ3n) is 4.14. The molecule has 4 heteroatoms. The molecule has 2 atom stereocenters. The number of likely N-dealkylation sites (tertiary alicyclic amines) is 1. The van der Waals surface area contributed by atoms with Gasteiger partial charge in [0.15, 0.2) is 0 Å². The summed E-state index contributed by atoms with van der Waals surface area (Å²) in [6, 6.07) is 4.52. The minimum Gasteiger partial charge on any atom is -0.496 e. The Kier molecular flexibility index (Phi) is 4.32. The molecule has 1 aliphatic heterocycles. The number of methoxy groups -OCH3 is 2. The quantitative estimate of drug-likeness (QED) is 0.903. The topological polar surface area (TPSA) is 47.7 Å². The summed E-state index contributed by atoms with van der Waals surface area (Å²) in [6.45, 7) is 3.84. The molecular formula is C15H24N2O2. The Morgan fingerprint density at radius 2 is 2.05 bits per heavy atom. The molecule has 19 heavy (non-hydrogen) atoms. The summed E-state index contributed by atoms with van der Waals surface area (Å²) >= 11 is 0. The molecule has 4 nitrogen and oxygen atoms in total. The van der Waals surface area contributed by atoms with Crippen LogP contribution in [0.2, 0.25) is 0 Å². The van der Waals surface area contributed by atoms with E-state index in [1.165, 1.54) is 5.56 Å². The van der Waals surface area contributed by atoms with Crippen LogP contribution in [0.25, 0.3) is 0 Å². The maximum absolute atomic E-state index is 5.80. The summed E-state index contributed by atoms with van der Waals surface area (Å²) in [7, 11) is 5.56. The van der Waals surface area contributed by atoms with E-state index in [0.29, 0.717) is 12.0 Å². The highest BCUT2D eigenvalue weighted by atomic mass is 16.5. The molecule has 0 spiro atoms. The van der Waals surface area contributed by atoms with Crippen molar-refractivity contribution < 1.29 is 9.47 Å². The fraction of sp³-hybridized carbons (Fsp3) is 0.600. The van der Waals surface area contributed by atoms with Crippen LogP contribution in [0.15, 0.2) is 12.1 Å². The first-order valence-corrected chi connectivity index (χ1v) is 6.74. The first kappa shape index (κ1) is 14.2. The molecule has 2 rings (SSSR count). The summed E-state index contributed by atoms with van der Waals surface area (Å²) in [5.74, 6) is 2.38. The number of rotatable bonds is 4. The van der Waals surface area contributed by atoms with Gasteiger partial charge in [0.1, 0.15) is 11.5 Å². The number of nitrogens with two attached hydrogens (primary N) is 1.